The fourth-order valence-corrected chi connectivity index (χ4v) is 1.85. The maximum absolute atomic E-state index is 13.0. The van der Waals surface area contributed by atoms with Gasteiger partial charge in [0.15, 0.2) is 0 Å². The van der Waals surface area contributed by atoms with Gasteiger partial charge >= 0.3 is 0 Å². The van der Waals surface area contributed by atoms with E-state index in [-0.39, 0.29) is 5.56 Å². The van der Waals surface area contributed by atoms with E-state index in [4.69, 9.17) is 5.73 Å². The average molecular weight is 312 g/mol. The molecule has 0 radical (unpaired) electrons. The molecule has 0 saturated heterocycles. The van der Waals surface area contributed by atoms with E-state index in [0.717, 1.165) is 0 Å². The number of amides is 1. The van der Waals surface area contributed by atoms with Gasteiger partial charge in [-0.1, -0.05) is 0 Å². The molecule has 1 aromatic heterocycles. The fourth-order valence-electron chi connectivity index (χ4n) is 1.85. The summed E-state index contributed by atoms with van der Waals surface area (Å²) in [6.07, 6.45) is 1.27. The summed E-state index contributed by atoms with van der Waals surface area (Å²) in [5.41, 5.74) is 6.09. The van der Waals surface area contributed by atoms with Gasteiger partial charge in [-0.05, 0) is 31.2 Å². The Labute approximate surface area is 124 Å². The van der Waals surface area contributed by atoms with Crippen molar-refractivity contribution in [3.05, 3.63) is 47.5 Å². The molecule has 2 rings (SSSR count). The number of nitrogens with zero attached hydrogens (tertiary/aromatic N) is 2. The molecular weight excluding hydrogens is 297 g/mol. The van der Waals surface area contributed by atoms with Crippen LogP contribution in [0.15, 0.2) is 30.5 Å². The summed E-state index contributed by atoms with van der Waals surface area (Å²) >= 11 is 0. The van der Waals surface area contributed by atoms with Crippen molar-refractivity contribution in [2.45, 2.75) is 12.8 Å². The zero-order chi connectivity index (χ0) is 16.3. The molecule has 0 spiro atoms. The largest absolute Gasteiger partial charge is 0.346 e. The highest BCUT2D eigenvalue weighted by Gasteiger charge is 2.28. The van der Waals surface area contributed by atoms with Gasteiger partial charge < -0.3 is 11.1 Å². The van der Waals surface area contributed by atoms with Gasteiger partial charge in [-0.25, -0.2) is 17.9 Å². The lowest BCUT2D eigenvalue weighted by Gasteiger charge is -2.14. The van der Waals surface area contributed by atoms with Gasteiger partial charge in [0.05, 0.1) is 36.2 Å². The van der Waals surface area contributed by atoms with E-state index in [0.29, 0.717) is 11.4 Å². The first kappa shape index (κ1) is 16.0. The van der Waals surface area contributed by atoms with Crippen LogP contribution in [0.2, 0.25) is 0 Å². The number of hydrogen-bond acceptors (Lipinski definition) is 3. The molecule has 118 valence electrons. The quantitative estimate of drug-likeness (QED) is 0.881. The highest BCUT2D eigenvalue weighted by molar-refractivity contribution is 5.95. The van der Waals surface area contributed by atoms with Crippen LogP contribution in [0.4, 0.5) is 13.2 Å². The molecule has 5 nitrogen and oxygen atoms in total. The van der Waals surface area contributed by atoms with E-state index < -0.39 is 30.7 Å². The van der Waals surface area contributed by atoms with Crippen LogP contribution in [0.5, 0.6) is 0 Å². The van der Waals surface area contributed by atoms with Gasteiger partial charge in [0.2, 0.25) is 0 Å². The summed E-state index contributed by atoms with van der Waals surface area (Å²) < 4.78 is 40.4. The number of halogens is 3. The maximum Gasteiger partial charge on any atom is 0.277 e. The Morgan fingerprint density at radius 2 is 2.00 bits per heavy atom. The van der Waals surface area contributed by atoms with Crippen molar-refractivity contribution in [2.75, 3.05) is 13.1 Å². The molecule has 0 saturated carbocycles. The number of aromatic nitrogens is 2. The Morgan fingerprint density at radius 3 is 2.59 bits per heavy atom. The molecule has 1 aromatic carbocycles. The topological polar surface area (TPSA) is 72.9 Å². The Balaban J connectivity index is 2.17. The number of hydrogen-bond donors (Lipinski definition) is 2. The average Bonchev–Trinajstić information content (AvgIpc) is 2.87. The number of alkyl halides is 2. The highest BCUT2D eigenvalue weighted by Crippen LogP contribution is 2.15. The zero-order valence-electron chi connectivity index (χ0n) is 11.8. The molecule has 0 unspecified atom stereocenters. The summed E-state index contributed by atoms with van der Waals surface area (Å²) in [5, 5.41) is 6.15. The van der Waals surface area contributed by atoms with Crippen LogP contribution >= 0.6 is 0 Å². The summed E-state index contributed by atoms with van der Waals surface area (Å²) in [6.45, 7) is -0.0725. The summed E-state index contributed by atoms with van der Waals surface area (Å²) in [4.78, 5) is 11.9. The second kappa shape index (κ2) is 6.18. The predicted octanol–water partition coefficient (Wildman–Crippen LogP) is 1.64. The molecule has 8 heteroatoms. The molecule has 3 N–H and O–H groups in total. The van der Waals surface area contributed by atoms with E-state index in [2.05, 4.69) is 10.4 Å². The number of carbonyl (C=O) groups excluding carboxylic acids is 1. The minimum Gasteiger partial charge on any atom is -0.346 e. The molecule has 0 aliphatic rings. The van der Waals surface area contributed by atoms with Gasteiger partial charge in [-0.2, -0.15) is 5.10 Å². The molecule has 1 amide bonds. The Hall–Kier alpha value is -2.35. The smallest absolute Gasteiger partial charge is 0.277 e. The van der Waals surface area contributed by atoms with Crippen molar-refractivity contribution in [3.63, 3.8) is 0 Å². The second-order valence-electron chi connectivity index (χ2n) is 4.77. The molecule has 0 aliphatic heterocycles. The Kier molecular flexibility index (Phi) is 4.51. The number of nitrogens with one attached hydrogen (secondary N) is 1. The van der Waals surface area contributed by atoms with Crippen molar-refractivity contribution in [3.8, 4) is 5.69 Å². The van der Waals surface area contributed by atoms with Gasteiger partial charge in [-0.15, -0.1) is 0 Å². The summed E-state index contributed by atoms with van der Waals surface area (Å²) in [7, 11) is 0. The second-order valence-corrected chi connectivity index (χ2v) is 4.77. The van der Waals surface area contributed by atoms with Crippen LogP contribution in [0.25, 0.3) is 5.69 Å². The van der Waals surface area contributed by atoms with Gasteiger partial charge in [0.1, 0.15) is 5.82 Å². The lowest BCUT2D eigenvalue weighted by Crippen LogP contribution is -2.41. The Morgan fingerprint density at radius 1 is 1.36 bits per heavy atom. The number of nitrogens with two attached hydrogens (primary N) is 1. The molecule has 2 aromatic rings. The van der Waals surface area contributed by atoms with Gasteiger partial charge in [0.25, 0.3) is 11.8 Å². The molecule has 0 fully saturated rings. The van der Waals surface area contributed by atoms with Crippen LogP contribution < -0.4 is 11.1 Å². The van der Waals surface area contributed by atoms with E-state index >= 15 is 0 Å². The third-order valence-electron chi connectivity index (χ3n) is 3.13. The lowest BCUT2D eigenvalue weighted by molar-refractivity contribution is 0.0118. The van der Waals surface area contributed by atoms with Crippen molar-refractivity contribution in [2.24, 2.45) is 5.73 Å². The van der Waals surface area contributed by atoms with Crippen LogP contribution in [0.3, 0.4) is 0 Å². The highest BCUT2D eigenvalue weighted by atomic mass is 19.3. The fraction of sp³-hybridized carbons (Fsp3) is 0.286. The van der Waals surface area contributed by atoms with E-state index in [9.17, 15) is 18.0 Å². The van der Waals surface area contributed by atoms with E-state index in [1.54, 1.807) is 6.92 Å². The molecule has 1 heterocycles. The first-order valence-electron chi connectivity index (χ1n) is 6.51. The number of benzene rings is 1. The molecule has 0 bridgehead atoms. The van der Waals surface area contributed by atoms with Crippen molar-refractivity contribution in [1.29, 1.82) is 0 Å². The zero-order valence-corrected chi connectivity index (χ0v) is 11.8. The van der Waals surface area contributed by atoms with Crippen molar-refractivity contribution >= 4 is 5.91 Å². The predicted molar refractivity (Wildman–Crippen MR) is 74.6 cm³/mol. The first-order chi connectivity index (χ1) is 10.3. The normalized spacial score (nSPS) is 11.5. The minimum atomic E-state index is -3.16. The van der Waals surface area contributed by atoms with Crippen molar-refractivity contribution < 1.29 is 18.0 Å². The van der Waals surface area contributed by atoms with Gasteiger partial charge in [-0.3, -0.25) is 4.79 Å². The number of rotatable bonds is 5. The van der Waals surface area contributed by atoms with E-state index in [1.165, 1.54) is 35.1 Å². The van der Waals surface area contributed by atoms with Crippen LogP contribution in [-0.4, -0.2) is 34.7 Å². The SMILES string of the molecule is Cc1c(C(=O)NCC(F)(F)CN)cnn1-c1ccc(F)cc1. The molecule has 0 aliphatic carbocycles. The maximum atomic E-state index is 13.0. The summed E-state index contributed by atoms with van der Waals surface area (Å²) in [6, 6.07) is 5.52. The van der Waals surface area contributed by atoms with E-state index in [1.807, 2.05) is 0 Å². The van der Waals surface area contributed by atoms with Crippen molar-refractivity contribution in [1.82, 2.24) is 15.1 Å². The number of carbonyl (C=O) groups is 1. The molecule has 22 heavy (non-hydrogen) atoms. The summed E-state index contributed by atoms with van der Waals surface area (Å²) in [5.74, 6) is -4.22. The molecule has 0 atom stereocenters. The Bertz CT molecular complexity index is 667. The minimum absolute atomic E-state index is 0.164. The monoisotopic (exact) mass is 312 g/mol. The van der Waals surface area contributed by atoms with Gasteiger partial charge in [0, 0.05) is 0 Å². The third kappa shape index (κ3) is 3.45. The van der Waals surface area contributed by atoms with Crippen LogP contribution in [0, 0.1) is 12.7 Å². The molecular formula is C14H15F3N4O. The third-order valence-corrected chi connectivity index (χ3v) is 3.13. The van der Waals surface area contributed by atoms with Crippen LogP contribution in [0.1, 0.15) is 16.1 Å². The first-order valence-corrected chi connectivity index (χ1v) is 6.51. The lowest BCUT2D eigenvalue weighted by atomic mass is 10.2. The standard InChI is InChI=1S/C14H15F3N4O/c1-9-12(13(22)19-8-14(16,17)7-18)6-20-21(9)11-4-2-10(15)3-5-11/h2-6H,7-8,18H2,1H3,(H,19,22). The van der Waals surface area contributed by atoms with Crippen LogP contribution in [-0.2, 0) is 0 Å².